The number of carbonyl (C=O) groups is 1. The summed E-state index contributed by atoms with van der Waals surface area (Å²) in [6, 6.07) is 3.64. The van der Waals surface area contributed by atoms with Crippen molar-refractivity contribution in [2.75, 3.05) is 0 Å². The van der Waals surface area contributed by atoms with Gasteiger partial charge in [0, 0.05) is 19.8 Å². The Labute approximate surface area is 65.0 Å². The molecule has 0 aromatic heterocycles. The molecule has 0 bridgehead atoms. The summed E-state index contributed by atoms with van der Waals surface area (Å²) >= 11 is 0. The fourth-order valence-corrected chi connectivity index (χ4v) is 0.546. The summed E-state index contributed by atoms with van der Waals surface area (Å²) in [5, 5.41) is 16.5. The van der Waals surface area contributed by atoms with Crippen molar-refractivity contribution in [1.29, 1.82) is 10.5 Å². The highest BCUT2D eigenvalue weighted by atomic mass is 16.5. The summed E-state index contributed by atoms with van der Waals surface area (Å²) in [4.78, 5) is 10.3. The number of esters is 1. The molecule has 58 valence electrons. The average Bonchev–Trinajstić information content (AvgIpc) is 1.97. The number of nitrogens with zero attached hydrogens (tertiary/aromatic N) is 2. The third kappa shape index (κ3) is 4.92. The van der Waals surface area contributed by atoms with Gasteiger partial charge >= 0.3 is 5.97 Å². The molecule has 0 saturated carbocycles. The molecule has 0 aliphatic rings. The largest absolute Gasteiger partial charge is 0.447 e. The van der Waals surface area contributed by atoms with Gasteiger partial charge in [0.2, 0.25) is 0 Å². The van der Waals surface area contributed by atoms with Crippen molar-refractivity contribution in [1.82, 2.24) is 0 Å². The quantitative estimate of drug-likeness (QED) is 0.559. The molecule has 11 heavy (non-hydrogen) atoms. The zero-order valence-corrected chi connectivity index (χ0v) is 6.20. The van der Waals surface area contributed by atoms with Crippen LogP contribution in [0.5, 0.6) is 0 Å². The highest BCUT2D eigenvalue weighted by molar-refractivity contribution is 5.66. The van der Waals surface area contributed by atoms with Gasteiger partial charge in [0.25, 0.3) is 0 Å². The number of hydrogen-bond acceptors (Lipinski definition) is 4. The molecular formula is C7H8N2O2. The van der Waals surface area contributed by atoms with Crippen LogP contribution in [-0.2, 0) is 9.53 Å². The third-order valence-electron chi connectivity index (χ3n) is 0.971. The van der Waals surface area contributed by atoms with E-state index in [4.69, 9.17) is 10.5 Å². The van der Waals surface area contributed by atoms with E-state index >= 15 is 0 Å². The Bertz CT molecular complexity index is 211. The van der Waals surface area contributed by atoms with Gasteiger partial charge in [-0.25, -0.2) is 0 Å². The molecule has 0 aliphatic carbocycles. The first-order valence-electron chi connectivity index (χ1n) is 3.14. The average molecular weight is 152 g/mol. The zero-order valence-electron chi connectivity index (χ0n) is 6.20. The SMILES string of the molecule is CC(=O)O[C@@H](C#N)CCC#N. The van der Waals surface area contributed by atoms with E-state index in [1.54, 1.807) is 6.07 Å². The second-order valence-electron chi connectivity index (χ2n) is 1.92. The van der Waals surface area contributed by atoms with Crippen LogP contribution in [0.2, 0.25) is 0 Å². The minimum atomic E-state index is -0.771. The van der Waals surface area contributed by atoms with Crippen LogP contribution >= 0.6 is 0 Å². The van der Waals surface area contributed by atoms with E-state index in [0.29, 0.717) is 0 Å². The number of carbonyl (C=O) groups excluding carboxylic acids is 1. The summed E-state index contributed by atoms with van der Waals surface area (Å²) < 4.78 is 4.55. The second kappa shape index (κ2) is 5.25. The number of nitriles is 2. The van der Waals surface area contributed by atoms with Gasteiger partial charge in [0.05, 0.1) is 6.07 Å². The van der Waals surface area contributed by atoms with Crippen molar-refractivity contribution in [2.45, 2.75) is 25.9 Å². The van der Waals surface area contributed by atoms with E-state index in [1.165, 1.54) is 6.92 Å². The lowest BCUT2D eigenvalue weighted by Gasteiger charge is -2.05. The van der Waals surface area contributed by atoms with Gasteiger partial charge in [-0.15, -0.1) is 0 Å². The summed E-state index contributed by atoms with van der Waals surface area (Å²) in [5.74, 6) is -0.491. The smallest absolute Gasteiger partial charge is 0.303 e. The van der Waals surface area contributed by atoms with Crippen LogP contribution in [0.1, 0.15) is 19.8 Å². The molecular weight excluding hydrogens is 144 g/mol. The van der Waals surface area contributed by atoms with Crippen LogP contribution in [0, 0.1) is 22.7 Å². The van der Waals surface area contributed by atoms with Crippen LogP contribution in [0.25, 0.3) is 0 Å². The van der Waals surface area contributed by atoms with Crippen molar-refractivity contribution < 1.29 is 9.53 Å². The fraction of sp³-hybridized carbons (Fsp3) is 0.571. The van der Waals surface area contributed by atoms with Crippen molar-refractivity contribution in [3.8, 4) is 12.1 Å². The highest BCUT2D eigenvalue weighted by Crippen LogP contribution is 2.00. The Balaban J connectivity index is 3.71. The van der Waals surface area contributed by atoms with Crippen molar-refractivity contribution >= 4 is 5.97 Å². The molecule has 0 aromatic rings. The van der Waals surface area contributed by atoms with E-state index in [0.717, 1.165) is 0 Å². The molecule has 0 spiro atoms. The molecule has 0 fully saturated rings. The van der Waals surface area contributed by atoms with Crippen LogP contribution in [0.4, 0.5) is 0 Å². The molecule has 0 aliphatic heterocycles. The lowest BCUT2D eigenvalue weighted by molar-refractivity contribution is -0.144. The topological polar surface area (TPSA) is 73.9 Å². The van der Waals surface area contributed by atoms with Gasteiger partial charge < -0.3 is 4.74 Å². The van der Waals surface area contributed by atoms with Crippen LogP contribution in [0.3, 0.4) is 0 Å². The van der Waals surface area contributed by atoms with Gasteiger partial charge in [0.15, 0.2) is 6.10 Å². The summed E-state index contributed by atoms with van der Waals surface area (Å²) in [7, 11) is 0. The molecule has 0 rings (SSSR count). The first kappa shape index (κ1) is 9.45. The van der Waals surface area contributed by atoms with E-state index < -0.39 is 12.1 Å². The predicted octanol–water partition coefficient (Wildman–Crippen LogP) is 0.745. The van der Waals surface area contributed by atoms with Crippen molar-refractivity contribution in [2.24, 2.45) is 0 Å². The standard InChI is InChI=1S/C7H8N2O2/c1-6(10)11-7(5-9)3-2-4-8/h7H,2-3H2,1H3/t7-/m1/s1. The molecule has 1 atom stereocenters. The van der Waals surface area contributed by atoms with Crippen molar-refractivity contribution in [3.63, 3.8) is 0 Å². The van der Waals surface area contributed by atoms with E-state index in [-0.39, 0.29) is 12.8 Å². The highest BCUT2D eigenvalue weighted by Gasteiger charge is 2.08. The summed E-state index contributed by atoms with van der Waals surface area (Å²) in [5.41, 5.74) is 0. The maximum atomic E-state index is 10.3. The maximum Gasteiger partial charge on any atom is 0.303 e. The normalized spacial score (nSPS) is 10.8. The molecule has 4 heteroatoms. The van der Waals surface area contributed by atoms with Crippen LogP contribution < -0.4 is 0 Å². The Morgan fingerprint density at radius 1 is 1.64 bits per heavy atom. The molecule has 0 unspecified atom stereocenters. The predicted molar refractivity (Wildman–Crippen MR) is 36.0 cm³/mol. The summed E-state index contributed by atoms with van der Waals surface area (Å²) in [6.45, 7) is 1.23. The van der Waals surface area contributed by atoms with Gasteiger partial charge in [-0.3, -0.25) is 4.79 Å². The van der Waals surface area contributed by atoms with Crippen LogP contribution in [0.15, 0.2) is 0 Å². The molecule has 0 N–H and O–H groups in total. The Hall–Kier alpha value is -1.55. The Morgan fingerprint density at radius 3 is 2.64 bits per heavy atom. The van der Waals surface area contributed by atoms with Gasteiger partial charge in [-0.05, 0) is 0 Å². The second-order valence-corrected chi connectivity index (χ2v) is 1.92. The fourth-order valence-electron chi connectivity index (χ4n) is 0.546. The molecule has 0 heterocycles. The Kier molecular flexibility index (Phi) is 4.51. The summed E-state index contributed by atoms with van der Waals surface area (Å²) in [6.07, 6.45) is -0.259. The van der Waals surface area contributed by atoms with Crippen LogP contribution in [-0.4, -0.2) is 12.1 Å². The maximum absolute atomic E-state index is 10.3. The first-order valence-corrected chi connectivity index (χ1v) is 3.14. The molecule has 0 aromatic carbocycles. The Morgan fingerprint density at radius 2 is 2.27 bits per heavy atom. The monoisotopic (exact) mass is 152 g/mol. The lowest BCUT2D eigenvalue weighted by atomic mass is 10.2. The van der Waals surface area contributed by atoms with Crippen molar-refractivity contribution in [3.05, 3.63) is 0 Å². The van der Waals surface area contributed by atoms with Gasteiger partial charge in [-0.2, -0.15) is 10.5 Å². The molecule has 0 amide bonds. The third-order valence-corrected chi connectivity index (χ3v) is 0.971. The van der Waals surface area contributed by atoms with E-state index in [1.807, 2.05) is 6.07 Å². The molecule has 0 radical (unpaired) electrons. The van der Waals surface area contributed by atoms with E-state index in [2.05, 4.69) is 4.74 Å². The molecule has 0 saturated heterocycles. The number of hydrogen-bond donors (Lipinski definition) is 0. The minimum Gasteiger partial charge on any atom is -0.447 e. The molecule has 4 nitrogen and oxygen atoms in total. The number of rotatable bonds is 3. The van der Waals surface area contributed by atoms with Gasteiger partial charge in [0.1, 0.15) is 6.07 Å². The van der Waals surface area contributed by atoms with Gasteiger partial charge in [-0.1, -0.05) is 0 Å². The lowest BCUT2D eigenvalue weighted by Crippen LogP contribution is -2.13. The number of ether oxygens (including phenoxy) is 1. The van der Waals surface area contributed by atoms with E-state index in [9.17, 15) is 4.79 Å². The zero-order chi connectivity index (χ0) is 8.69. The first-order chi connectivity index (χ1) is 5.20. The minimum absolute atomic E-state index is 0.228.